The van der Waals surface area contributed by atoms with Gasteiger partial charge in [0.15, 0.2) is 0 Å². The Labute approximate surface area is 71.6 Å². The molecule has 0 atom stereocenters. The Morgan fingerprint density at radius 1 is 1.55 bits per heavy atom. The second-order valence-corrected chi connectivity index (χ2v) is 2.44. The molecule has 11 heavy (non-hydrogen) atoms. The van der Waals surface area contributed by atoms with Gasteiger partial charge in [0.2, 0.25) is 0 Å². The maximum Gasteiger partial charge on any atom is 0.124 e. The summed E-state index contributed by atoms with van der Waals surface area (Å²) in [4.78, 5) is 4.07. The number of thiol groups is 1. The molecule has 1 aromatic rings. The third kappa shape index (κ3) is 2.63. The Bertz CT molecular complexity index is 258. The SMILES string of the molecule is Nc1cccc(C=CCS)n1. The minimum atomic E-state index is 0.548. The van der Waals surface area contributed by atoms with E-state index in [0.717, 1.165) is 11.4 Å². The van der Waals surface area contributed by atoms with Crippen molar-refractivity contribution < 1.29 is 0 Å². The van der Waals surface area contributed by atoms with E-state index in [-0.39, 0.29) is 0 Å². The number of nitrogen functional groups attached to an aromatic ring is 1. The standard InChI is InChI=1S/C8H10N2S/c9-8-5-1-3-7(10-8)4-2-6-11/h1-5,11H,6H2,(H2,9,10). The minimum absolute atomic E-state index is 0.548. The Morgan fingerprint density at radius 2 is 2.36 bits per heavy atom. The minimum Gasteiger partial charge on any atom is -0.384 e. The molecule has 3 heteroatoms. The van der Waals surface area contributed by atoms with Gasteiger partial charge in [0.05, 0.1) is 5.69 Å². The summed E-state index contributed by atoms with van der Waals surface area (Å²) in [6.45, 7) is 0. The van der Waals surface area contributed by atoms with Gasteiger partial charge in [0.25, 0.3) is 0 Å². The lowest BCUT2D eigenvalue weighted by Gasteiger charge is -1.93. The molecule has 1 rings (SSSR count). The molecule has 0 unspecified atom stereocenters. The first-order valence-electron chi connectivity index (χ1n) is 3.33. The van der Waals surface area contributed by atoms with Gasteiger partial charge >= 0.3 is 0 Å². The van der Waals surface area contributed by atoms with Gasteiger partial charge < -0.3 is 5.73 Å². The van der Waals surface area contributed by atoms with E-state index in [4.69, 9.17) is 5.73 Å². The average Bonchev–Trinajstić information content (AvgIpc) is 2.01. The van der Waals surface area contributed by atoms with Crippen LogP contribution >= 0.6 is 12.6 Å². The van der Waals surface area contributed by atoms with Crippen LogP contribution < -0.4 is 5.73 Å². The summed E-state index contributed by atoms with van der Waals surface area (Å²) < 4.78 is 0. The molecule has 0 aliphatic heterocycles. The second-order valence-electron chi connectivity index (χ2n) is 2.07. The first kappa shape index (κ1) is 8.14. The van der Waals surface area contributed by atoms with Gasteiger partial charge in [-0.15, -0.1) is 0 Å². The largest absolute Gasteiger partial charge is 0.384 e. The lowest BCUT2D eigenvalue weighted by atomic mass is 10.3. The van der Waals surface area contributed by atoms with Crippen molar-refractivity contribution in [3.8, 4) is 0 Å². The van der Waals surface area contributed by atoms with Crippen LogP contribution in [0.3, 0.4) is 0 Å². The molecule has 0 amide bonds. The fourth-order valence-corrected chi connectivity index (χ4v) is 0.841. The molecule has 0 aliphatic carbocycles. The molecule has 0 radical (unpaired) electrons. The van der Waals surface area contributed by atoms with E-state index in [1.807, 2.05) is 24.3 Å². The van der Waals surface area contributed by atoms with Crippen molar-refractivity contribution in [2.24, 2.45) is 0 Å². The number of rotatable bonds is 2. The van der Waals surface area contributed by atoms with E-state index in [1.165, 1.54) is 0 Å². The fourth-order valence-electron chi connectivity index (χ4n) is 0.735. The highest BCUT2D eigenvalue weighted by Gasteiger charge is 1.87. The van der Waals surface area contributed by atoms with Crippen molar-refractivity contribution in [3.05, 3.63) is 30.0 Å². The Morgan fingerprint density at radius 3 is 3.00 bits per heavy atom. The van der Waals surface area contributed by atoms with Gasteiger partial charge in [-0.25, -0.2) is 4.98 Å². The molecular weight excluding hydrogens is 156 g/mol. The van der Waals surface area contributed by atoms with Gasteiger partial charge in [0, 0.05) is 5.75 Å². The van der Waals surface area contributed by atoms with E-state index in [9.17, 15) is 0 Å². The molecule has 1 aromatic heterocycles. The van der Waals surface area contributed by atoms with Gasteiger partial charge in [-0.05, 0) is 18.2 Å². The summed E-state index contributed by atoms with van der Waals surface area (Å²) in [6.07, 6.45) is 3.81. The Kier molecular flexibility index (Phi) is 2.98. The first-order valence-corrected chi connectivity index (χ1v) is 3.96. The maximum absolute atomic E-state index is 5.47. The van der Waals surface area contributed by atoms with Crippen molar-refractivity contribution in [1.82, 2.24) is 4.98 Å². The maximum atomic E-state index is 5.47. The highest BCUT2D eigenvalue weighted by molar-refractivity contribution is 7.80. The average molecular weight is 166 g/mol. The number of aromatic nitrogens is 1. The Hall–Kier alpha value is -0.960. The number of pyridine rings is 1. The molecule has 58 valence electrons. The lowest BCUT2D eigenvalue weighted by Crippen LogP contribution is -1.90. The third-order valence-corrected chi connectivity index (χ3v) is 1.40. The topological polar surface area (TPSA) is 38.9 Å². The zero-order chi connectivity index (χ0) is 8.10. The number of hydrogen-bond donors (Lipinski definition) is 2. The lowest BCUT2D eigenvalue weighted by molar-refractivity contribution is 1.30. The van der Waals surface area contributed by atoms with Gasteiger partial charge in [0.1, 0.15) is 5.82 Å². The molecule has 0 bridgehead atoms. The molecular formula is C8H10N2S. The second kappa shape index (κ2) is 4.03. The number of nitrogens with two attached hydrogens (primary N) is 1. The zero-order valence-corrected chi connectivity index (χ0v) is 6.96. The third-order valence-electron chi connectivity index (χ3n) is 1.19. The van der Waals surface area contributed by atoms with Crippen LogP contribution in [0.2, 0.25) is 0 Å². The van der Waals surface area contributed by atoms with Crippen LogP contribution in [-0.4, -0.2) is 10.7 Å². The van der Waals surface area contributed by atoms with Gasteiger partial charge in [-0.2, -0.15) is 12.6 Å². The highest BCUT2D eigenvalue weighted by atomic mass is 32.1. The molecule has 0 saturated carbocycles. The van der Waals surface area contributed by atoms with Crippen molar-refractivity contribution in [2.75, 3.05) is 11.5 Å². The monoisotopic (exact) mass is 166 g/mol. The molecule has 0 aliphatic rings. The van der Waals surface area contributed by atoms with Crippen molar-refractivity contribution in [1.29, 1.82) is 0 Å². The summed E-state index contributed by atoms with van der Waals surface area (Å²) in [6, 6.07) is 5.54. The van der Waals surface area contributed by atoms with E-state index in [1.54, 1.807) is 6.07 Å². The molecule has 0 fully saturated rings. The van der Waals surface area contributed by atoms with Crippen molar-refractivity contribution in [3.63, 3.8) is 0 Å². The van der Waals surface area contributed by atoms with E-state index >= 15 is 0 Å². The summed E-state index contributed by atoms with van der Waals surface area (Å²) in [5.74, 6) is 1.27. The zero-order valence-electron chi connectivity index (χ0n) is 6.07. The Balaban J connectivity index is 2.79. The molecule has 1 heterocycles. The number of nitrogens with zero attached hydrogens (tertiary/aromatic N) is 1. The highest BCUT2D eigenvalue weighted by Crippen LogP contribution is 2.01. The van der Waals surface area contributed by atoms with E-state index in [0.29, 0.717) is 5.82 Å². The van der Waals surface area contributed by atoms with Crippen LogP contribution in [0.1, 0.15) is 5.69 Å². The molecule has 0 aromatic carbocycles. The summed E-state index contributed by atoms with van der Waals surface area (Å²) >= 11 is 4.03. The van der Waals surface area contributed by atoms with Crippen LogP contribution in [0.5, 0.6) is 0 Å². The molecule has 0 saturated heterocycles. The van der Waals surface area contributed by atoms with Gasteiger partial charge in [-0.1, -0.05) is 12.1 Å². The fraction of sp³-hybridized carbons (Fsp3) is 0.125. The number of hydrogen-bond acceptors (Lipinski definition) is 3. The molecule has 0 spiro atoms. The van der Waals surface area contributed by atoms with Crippen molar-refractivity contribution >= 4 is 24.5 Å². The van der Waals surface area contributed by atoms with Crippen LogP contribution in [0.25, 0.3) is 6.08 Å². The van der Waals surface area contributed by atoms with Gasteiger partial charge in [-0.3, -0.25) is 0 Å². The van der Waals surface area contributed by atoms with Crippen LogP contribution in [-0.2, 0) is 0 Å². The predicted molar refractivity (Wildman–Crippen MR) is 51.5 cm³/mol. The normalized spacial score (nSPS) is 10.6. The smallest absolute Gasteiger partial charge is 0.124 e. The van der Waals surface area contributed by atoms with Crippen LogP contribution in [0.4, 0.5) is 5.82 Å². The first-order chi connectivity index (χ1) is 5.33. The quantitative estimate of drug-likeness (QED) is 0.655. The van der Waals surface area contributed by atoms with E-state index < -0.39 is 0 Å². The van der Waals surface area contributed by atoms with Crippen LogP contribution in [0.15, 0.2) is 24.3 Å². The number of anilines is 1. The van der Waals surface area contributed by atoms with Crippen LogP contribution in [0, 0.1) is 0 Å². The summed E-state index contributed by atoms with van der Waals surface area (Å²) in [5, 5.41) is 0. The van der Waals surface area contributed by atoms with Crippen molar-refractivity contribution in [2.45, 2.75) is 0 Å². The molecule has 2 N–H and O–H groups in total. The summed E-state index contributed by atoms with van der Waals surface area (Å²) in [7, 11) is 0. The van der Waals surface area contributed by atoms with E-state index in [2.05, 4.69) is 17.6 Å². The predicted octanol–water partition coefficient (Wildman–Crippen LogP) is 1.61. The summed E-state index contributed by atoms with van der Waals surface area (Å²) in [5.41, 5.74) is 6.34. The molecule has 2 nitrogen and oxygen atoms in total.